The van der Waals surface area contributed by atoms with E-state index in [2.05, 4.69) is 45.2 Å². The topological polar surface area (TPSA) is 32.9 Å². The van der Waals surface area contributed by atoms with Gasteiger partial charge in [-0.15, -0.1) is 11.8 Å². The van der Waals surface area contributed by atoms with Gasteiger partial charge in [-0.1, -0.05) is 39.4 Å². The zero-order valence-electron chi connectivity index (χ0n) is 11.9. The first kappa shape index (κ1) is 13.9. The molecule has 2 aliphatic carbocycles. The van der Waals surface area contributed by atoms with E-state index in [1.54, 1.807) is 0 Å². The van der Waals surface area contributed by atoms with E-state index in [0.717, 1.165) is 21.3 Å². The molecule has 1 aliphatic heterocycles. The second-order valence-electron chi connectivity index (χ2n) is 6.73. The van der Waals surface area contributed by atoms with Crippen molar-refractivity contribution in [2.75, 3.05) is 0 Å². The monoisotopic (exact) mass is 393 g/mol. The molecule has 0 amide bonds. The predicted molar refractivity (Wildman–Crippen MR) is 94.9 cm³/mol. The van der Waals surface area contributed by atoms with Crippen LogP contribution in [-0.4, -0.2) is 10.2 Å². The van der Waals surface area contributed by atoms with Crippen molar-refractivity contribution in [3.05, 3.63) is 48.8 Å². The summed E-state index contributed by atoms with van der Waals surface area (Å²) in [7, 11) is 0. The second kappa shape index (κ2) is 4.99. The molecule has 5 heteroatoms. The van der Waals surface area contributed by atoms with E-state index in [9.17, 15) is 4.79 Å². The minimum atomic E-state index is 0.104. The highest BCUT2D eigenvalue weighted by molar-refractivity contribution is 9.10. The van der Waals surface area contributed by atoms with Crippen LogP contribution in [0.1, 0.15) is 35.6 Å². The normalized spacial score (nSPS) is 35.4. The number of H-pyrrole nitrogens is 1. The maximum absolute atomic E-state index is 11.9. The fraction of sp³-hybridized carbons (Fsp3) is 0.471. The lowest BCUT2D eigenvalue weighted by atomic mass is 9.75. The van der Waals surface area contributed by atoms with Gasteiger partial charge < -0.3 is 4.98 Å². The van der Waals surface area contributed by atoms with Crippen LogP contribution in [0.5, 0.6) is 0 Å². The highest BCUT2D eigenvalue weighted by Crippen LogP contribution is 2.63. The fourth-order valence-electron chi connectivity index (χ4n) is 4.89. The molecule has 0 radical (unpaired) electrons. The number of fused-ring (bicyclic) bond motifs is 6. The molecular formula is C17H16BrNOS2. The van der Waals surface area contributed by atoms with Crippen molar-refractivity contribution in [3.8, 4) is 0 Å². The molecule has 0 saturated heterocycles. The van der Waals surface area contributed by atoms with Gasteiger partial charge in [0, 0.05) is 20.5 Å². The maximum atomic E-state index is 11.9. The van der Waals surface area contributed by atoms with Gasteiger partial charge in [-0.25, -0.2) is 0 Å². The number of nitrogens with one attached hydrogen (secondary N) is 1. The Balaban J connectivity index is 1.68. The summed E-state index contributed by atoms with van der Waals surface area (Å²) in [6, 6.07) is 8.74. The molecule has 2 heterocycles. The summed E-state index contributed by atoms with van der Waals surface area (Å²) in [5.41, 5.74) is 1.38. The summed E-state index contributed by atoms with van der Waals surface area (Å²) in [6.07, 6.45) is 4.16. The summed E-state index contributed by atoms with van der Waals surface area (Å²) in [5, 5.41) is 1.85. The van der Waals surface area contributed by atoms with Gasteiger partial charge in [-0.3, -0.25) is 4.79 Å². The lowest BCUT2D eigenvalue weighted by molar-refractivity contribution is 0.307. The van der Waals surface area contributed by atoms with Gasteiger partial charge in [0.05, 0.1) is 5.03 Å². The van der Waals surface area contributed by atoms with Gasteiger partial charge in [0.15, 0.2) is 0 Å². The quantitative estimate of drug-likeness (QED) is 0.750. The van der Waals surface area contributed by atoms with Crippen molar-refractivity contribution in [2.24, 2.45) is 17.8 Å². The molecule has 1 aromatic carbocycles. The lowest BCUT2D eigenvalue weighted by Crippen LogP contribution is -2.33. The minimum Gasteiger partial charge on any atom is -0.307 e. The molecule has 1 N–H and O–H groups in total. The molecule has 5 rings (SSSR count). The molecule has 114 valence electrons. The Labute approximate surface area is 145 Å². The number of thioether (sulfide) groups is 1. The molecule has 22 heavy (non-hydrogen) atoms. The van der Waals surface area contributed by atoms with Crippen molar-refractivity contribution < 1.29 is 0 Å². The number of benzene rings is 1. The minimum absolute atomic E-state index is 0.104. The highest BCUT2D eigenvalue weighted by atomic mass is 79.9. The zero-order valence-corrected chi connectivity index (χ0v) is 15.1. The van der Waals surface area contributed by atoms with Crippen LogP contribution in [0, 0.1) is 17.8 Å². The van der Waals surface area contributed by atoms with Crippen LogP contribution in [0.15, 0.2) is 38.6 Å². The zero-order chi connectivity index (χ0) is 14.8. The second-order valence-corrected chi connectivity index (χ2v) is 9.85. The van der Waals surface area contributed by atoms with Crippen LogP contribution in [-0.2, 0) is 0 Å². The third-order valence-corrected chi connectivity index (χ3v) is 8.85. The molecule has 2 saturated carbocycles. The summed E-state index contributed by atoms with van der Waals surface area (Å²) in [5.74, 6) is 2.83. The molecule has 5 atom stereocenters. The van der Waals surface area contributed by atoms with Crippen molar-refractivity contribution >= 4 is 39.0 Å². The molecule has 0 spiro atoms. The van der Waals surface area contributed by atoms with Crippen LogP contribution < -0.4 is 4.87 Å². The number of hydrogen-bond donors (Lipinski definition) is 1. The third-order valence-electron chi connectivity index (χ3n) is 5.69. The number of thiazole rings is 1. The third kappa shape index (κ3) is 1.95. The number of aromatic amines is 1. The Hall–Kier alpha value is -0.520. The molecule has 2 fully saturated rings. The number of rotatable bonds is 1. The Morgan fingerprint density at radius 1 is 1.14 bits per heavy atom. The van der Waals surface area contributed by atoms with Crippen molar-refractivity contribution in [1.82, 2.24) is 4.98 Å². The van der Waals surface area contributed by atoms with Crippen molar-refractivity contribution in [2.45, 2.75) is 35.5 Å². The van der Waals surface area contributed by atoms with Crippen molar-refractivity contribution in [3.63, 3.8) is 0 Å². The van der Waals surface area contributed by atoms with E-state index in [-0.39, 0.29) is 4.87 Å². The fourth-order valence-corrected chi connectivity index (χ4v) is 8.05. The average Bonchev–Trinajstić information content (AvgIpc) is 3.19. The number of hydrogen-bond acceptors (Lipinski definition) is 3. The van der Waals surface area contributed by atoms with Gasteiger partial charge in [-0.2, -0.15) is 0 Å². The smallest absolute Gasteiger partial charge is 0.305 e. The number of aromatic nitrogens is 1. The molecule has 1 aromatic heterocycles. The molecule has 2 bridgehead atoms. The van der Waals surface area contributed by atoms with E-state index in [0.29, 0.717) is 17.1 Å². The van der Waals surface area contributed by atoms with Crippen LogP contribution in [0.2, 0.25) is 0 Å². The SMILES string of the molecule is O=c1[nH]c2c(s1)[C@H](c1ccc(Br)cc1)[C@H]1[C@H]3CC[C@@H](C3)[C@H]1S2. The van der Waals surface area contributed by atoms with Gasteiger partial charge in [0.25, 0.3) is 0 Å². The first-order chi connectivity index (χ1) is 10.7. The molecule has 3 aliphatic rings. The molecular weight excluding hydrogens is 378 g/mol. The van der Waals surface area contributed by atoms with Crippen LogP contribution in [0.3, 0.4) is 0 Å². The van der Waals surface area contributed by atoms with E-state index < -0.39 is 0 Å². The van der Waals surface area contributed by atoms with Crippen LogP contribution >= 0.6 is 39.0 Å². The molecule has 2 aromatic rings. The van der Waals surface area contributed by atoms with E-state index in [4.69, 9.17) is 0 Å². The Morgan fingerprint density at radius 2 is 1.91 bits per heavy atom. The van der Waals surface area contributed by atoms with E-state index >= 15 is 0 Å². The highest BCUT2D eigenvalue weighted by Gasteiger charge is 2.54. The Morgan fingerprint density at radius 3 is 2.73 bits per heavy atom. The summed E-state index contributed by atoms with van der Waals surface area (Å²) < 4.78 is 1.12. The lowest BCUT2D eigenvalue weighted by Gasteiger charge is -2.40. The summed E-state index contributed by atoms with van der Waals surface area (Å²) in [4.78, 5) is 16.4. The standard InChI is InChI=1S/C17H16BrNOS2/c18-11-5-3-8(4-6-11)12-13-9-1-2-10(7-9)14(13)21-16-15(12)22-17(20)19-16/h3-6,9-10,12-14H,1-2,7H2,(H,19,20)/t9-,10-,12+,13+,14+/m0/s1. The van der Waals surface area contributed by atoms with Crippen molar-refractivity contribution in [1.29, 1.82) is 0 Å². The maximum Gasteiger partial charge on any atom is 0.305 e. The Bertz CT molecular complexity index is 781. The summed E-state index contributed by atoms with van der Waals surface area (Å²) >= 11 is 6.93. The van der Waals surface area contributed by atoms with Crippen LogP contribution in [0.25, 0.3) is 0 Å². The van der Waals surface area contributed by atoms with Gasteiger partial charge >= 0.3 is 4.87 Å². The summed E-state index contributed by atoms with van der Waals surface area (Å²) in [6.45, 7) is 0. The molecule has 0 unspecified atom stereocenters. The first-order valence-corrected chi connectivity index (χ1v) is 10.3. The van der Waals surface area contributed by atoms with E-state index in [1.807, 2.05) is 11.8 Å². The van der Waals surface area contributed by atoms with Gasteiger partial charge in [0.2, 0.25) is 0 Å². The largest absolute Gasteiger partial charge is 0.307 e. The van der Waals surface area contributed by atoms with Crippen LogP contribution in [0.4, 0.5) is 0 Å². The average molecular weight is 394 g/mol. The Kier molecular flexibility index (Phi) is 3.15. The first-order valence-electron chi connectivity index (χ1n) is 7.86. The van der Waals surface area contributed by atoms with Gasteiger partial charge in [0.1, 0.15) is 0 Å². The predicted octanol–water partition coefficient (Wildman–Crippen LogP) is 4.85. The molecule has 2 nitrogen and oxygen atoms in total. The number of halogens is 1. The van der Waals surface area contributed by atoms with E-state index in [1.165, 1.54) is 41.0 Å². The van der Waals surface area contributed by atoms with Gasteiger partial charge in [-0.05, 0) is 54.7 Å².